The number of nitrogens with one attached hydrogen (secondary N) is 2. The molecule has 1 unspecified atom stereocenters. The number of esters is 2. The van der Waals surface area contributed by atoms with E-state index in [4.69, 9.17) is 14.2 Å². The van der Waals surface area contributed by atoms with E-state index in [0.717, 1.165) is 29.7 Å². The van der Waals surface area contributed by atoms with Gasteiger partial charge in [0.1, 0.15) is 16.5 Å². The van der Waals surface area contributed by atoms with Gasteiger partial charge in [0, 0.05) is 14.9 Å². The Morgan fingerprint density at radius 2 is 1.84 bits per heavy atom. The minimum atomic E-state index is -1.04. The van der Waals surface area contributed by atoms with Gasteiger partial charge in [-0.1, -0.05) is 29.8 Å². The zero-order valence-electron chi connectivity index (χ0n) is 24.0. The van der Waals surface area contributed by atoms with Crippen molar-refractivity contribution in [2.75, 3.05) is 18.5 Å². The van der Waals surface area contributed by atoms with Gasteiger partial charge in [-0.2, -0.15) is 5.10 Å². The van der Waals surface area contributed by atoms with Crippen molar-refractivity contribution in [2.45, 2.75) is 46.5 Å². The fourth-order valence-electron chi connectivity index (χ4n) is 4.41. The third-order valence-corrected chi connectivity index (χ3v) is 8.19. The van der Waals surface area contributed by atoms with Crippen LogP contribution in [-0.4, -0.2) is 43.2 Å². The first-order valence-corrected chi connectivity index (χ1v) is 15.5. The molecule has 12 heteroatoms. The highest BCUT2D eigenvalue weighted by atomic mass is 79.9. The molecule has 0 radical (unpaired) electrons. The maximum absolute atomic E-state index is 12.8. The van der Waals surface area contributed by atoms with Gasteiger partial charge in [-0.3, -0.25) is 9.59 Å². The van der Waals surface area contributed by atoms with Crippen LogP contribution in [0.2, 0.25) is 0 Å². The largest absolute Gasteiger partial charge is 0.494 e. The normalized spacial score (nSPS) is 14.1. The second kappa shape index (κ2) is 14.9. The number of thiophene rings is 1. The average molecular weight is 671 g/mol. The van der Waals surface area contributed by atoms with Crippen molar-refractivity contribution >= 4 is 62.2 Å². The topological polar surface area (TPSA) is 132 Å². The molecule has 0 saturated carbocycles. The molecule has 226 valence electrons. The SMILES string of the molecule is CCCOc1ccc(C(=O)Oc2ccc(Br)cc2C=NNC(=O)C(=O)Nc2sc3c(c2C(=O)OCC)CCC(C)C3)cc1. The Morgan fingerprint density at radius 1 is 1.07 bits per heavy atom. The Kier molecular flexibility index (Phi) is 11.1. The number of carbonyl (C=O) groups is 4. The van der Waals surface area contributed by atoms with Gasteiger partial charge in [0.2, 0.25) is 0 Å². The maximum Gasteiger partial charge on any atom is 0.343 e. The minimum absolute atomic E-state index is 0.190. The fourth-order valence-corrected chi connectivity index (χ4v) is 6.18. The molecule has 2 N–H and O–H groups in total. The number of amides is 2. The number of hydrogen-bond acceptors (Lipinski definition) is 9. The molecule has 0 saturated heterocycles. The average Bonchev–Trinajstić information content (AvgIpc) is 3.34. The monoisotopic (exact) mass is 669 g/mol. The molecule has 2 aromatic carbocycles. The van der Waals surface area contributed by atoms with Crippen LogP contribution in [0.4, 0.5) is 5.00 Å². The molecular weight excluding hydrogens is 638 g/mol. The summed E-state index contributed by atoms with van der Waals surface area (Å²) in [6.07, 6.45) is 4.54. The number of hydrazone groups is 1. The maximum atomic E-state index is 12.8. The smallest absolute Gasteiger partial charge is 0.343 e. The summed E-state index contributed by atoms with van der Waals surface area (Å²) >= 11 is 4.66. The molecule has 1 aliphatic rings. The summed E-state index contributed by atoms with van der Waals surface area (Å²) in [4.78, 5) is 51.8. The van der Waals surface area contributed by atoms with E-state index < -0.39 is 23.8 Å². The van der Waals surface area contributed by atoms with Crippen molar-refractivity contribution in [1.82, 2.24) is 5.43 Å². The Hall–Kier alpha value is -4.03. The van der Waals surface area contributed by atoms with Crippen LogP contribution in [0.5, 0.6) is 11.5 Å². The molecular formula is C31H32BrN3O7S. The van der Waals surface area contributed by atoms with Crippen LogP contribution in [0.3, 0.4) is 0 Å². The quantitative estimate of drug-likeness (QED) is 0.0902. The summed E-state index contributed by atoms with van der Waals surface area (Å²) in [6, 6.07) is 11.5. The van der Waals surface area contributed by atoms with E-state index in [1.165, 1.54) is 17.6 Å². The highest BCUT2D eigenvalue weighted by Gasteiger charge is 2.30. The number of ether oxygens (including phenoxy) is 3. The van der Waals surface area contributed by atoms with Crippen LogP contribution < -0.4 is 20.2 Å². The lowest BCUT2D eigenvalue weighted by Crippen LogP contribution is -2.32. The third-order valence-electron chi connectivity index (χ3n) is 6.53. The molecule has 2 amide bonds. The number of hydrogen-bond donors (Lipinski definition) is 2. The third kappa shape index (κ3) is 8.29. The first kappa shape index (κ1) is 31.9. The van der Waals surface area contributed by atoms with Crippen LogP contribution in [0.1, 0.15) is 70.3 Å². The van der Waals surface area contributed by atoms with Crippen molar-refractivity contribution in [3.05, 3.63) is 74.1 Å². The van der Waals surface area contributed by atoms with Gasteiger partial charge in [-0.05, 0) is 86.6 Å². The number of carbonyl (C=O) groups excluding carboxylic acids is 4. The molecule has 3 aromatic rings. The second-order valence-corrected chi connectivity index (χ2v) is 11.9. The number of fused-ring (bicyclic) bond motifs is 1. The first-order chi connectivity index (χ1) is 20.7. The number of benzene rings is 2. The lowest BCUT2D eigenvalue weighted by molar-refractivity contribution is -0.136. The summed E-state index contributed by atoms with van der Waals surface area (Å²) < 4.78 is 17.0. The standard InChI is InChI=1S/C31H32BrN3O7S/c1-4-14-41-22-10-7-19(8-11-22)30(38)42-24-13-9-21(32)16-20(24)17-33-35-28(37)27(36)34-29-26(31(39)40-5-2)23-12-6-18(3)15-25(23)43-29/h7-11,13,16-18H,4-6,12,14-15H2,1-3H3,(H,34,36)(H,35,37). The van der Waals surface area contributed by atoms with Gasteiger partial charge in [-0.25, -0.2) is 15.0 Å². The molecule has 4 rings (SSSR count). The molecule has 1 aliphatic carbocycles. The summed E-state index contributed by atoms with van der Waals surface area (Å²) in [6.45, 7) is 6.62. The van der Waals surface area contributed by atoms with Crippen LogP contribution in [0.25, 0.3) is 0 Å². The van der Waals surface area contributed by atoms with Gasteiger partial charge < -0.3 is 19.5 Å². The van der Waals surface area contributed by atoms with Gasteiger partial charge >= 0.3 is 23.8 Å². The predicted molar refractivity (Wildman–Crippen MR) is 167 cm³/mol. The van der Waals surface area contributed by atoms with Gasteiger partial charge in [0.05, 0.1) is 30.6 Å². The van der Waals surface area contributed by atoms with Gasteiger partial charge in [0.15, 0.2) is 0 Å². The number of anilines is 1. The molecule has 0 fully saturated rings. The molecule has 10 nitrogen and oxygen atoms in total. The van der Waals surface area contributed by atoms with E-state index in [2.05, 4.69) is 38.7 Å². The van der Waals surface area contributed by atoms with E-state index in [1.54, 1.807) is 49.4 Å². The fraction of sp³-hybridized carbons (Fsp3) is 0.323. The number of nitrogens with zero attached hydrogens (tertiary/aromatic N) is 1. The highest BCUT2D eigenvalue weighted by molar-refractivity contribution is 9.10. The molecule has 43 heavy (non-hydrogen) atoms. The Morgan fingerprint density at radius 3 is 2.56 bits per heavy atom. The molecule has 1 aromatic heterocycles. The summed E-state index contributed by atoms with van der Waals surface area (Å²) in [5, 5.41) is 6.73. The van der Waals surface area contributed by atoms with E-state index in [-0.39, 0.29) is 17.4 Å². The number of halogens is 1. The van der Waals surface area contributed by atoms with Crippen LogP contribution >= 0.6 is 27.3 Å². The summed E-state index contributed by atoms with van der Waals surface area (Å²) in [5.74, 6) is -1.84. The van der Waals surface area contributed by atoms with Crippen molar-refractivity contribution in [1.29, 1.82) is 0 Å². The lowest BCUT2D eigenvalue weighted by atomic mass is 9.88. The minimum Gasteiger partial charge on any atom is -0.494 e. The Bertz CT molecular complexity index is 1530. The van der Waals surface area contributed by atoms with Crippen LogP contribution in [0.15, 0.2) is 52.0 Å². The van der Waals surface area contributed by atoms with E-state index >= 15 is 0 Å². The van der Waals surface area contributed by atoms with Crippen molar-refractivity contribution in [2.24, 2.45) is 11.0 Å². The second-order valence-electron chi connectivity index (χ2n) is 9.87. The zero-order valence-corrected chi connectivity index (χ0v) is 26.4. The van der Waals surface area contributed by atoms with Crippen molar-refractivity contribution < 1.29 is 33.4 Å². The molecule has 1 heterocycles. The Labute approximate surface area is 261 Å². The number of rotatable bonds is 10. The lowest BCUT2D eigenvalue weighted by Gasteiger charge is -2.18. The van der Waals surface area contributed by atoms with Crippen molar-refractivity contribution in [3.63, 3.8) is 0 Å². The summed E-state index contributed by atoms with van der Waals surface area (Å²) in [7, 11) is 0. The van der Waals surface area contributed by atoms with Gasteiger partial charge in [0.25, 0.3) is 0 Å². The molecule has 1 atom stereocenters. The Balaban J connectivity index is 1.42. The van der Waals surface area contributed by atoms with E-state index in [0.29, 0.717) is 45.9 Å². The first-order valence-electron chi connectivity index (χ1n) is 13.9. The van der Waals surface area contributed by atoms with Crippen LogP contribution in [0, 0.1) is 5.92 Å². The van der Waals surface area contributed by atoms with Gasteiger partial charge in [-0.15, -0.1) is 11.3 Å². The highest BCUT2D eigenvalue weighted by Crippen LogP contribution is 2.40. The van der Waals surface area contributed by atoms with Crippen LogP contribution in [-0.2, 0) is 27.2 Å². The predicted octanol–water partition coefficient (Wildman–Crippen LogP) is 5.91. The zero-order chi connectivity index (χ0) is 30.9. The molecule has 0 aliphatic heterocycles. The van der Waals surface area contributed by atoms with Crippen molar-refractivity contribution in [3.8, 4) is 11.5 Å². The van der Waals surface area contributed by atoms with E-state index in [9.17, 15) is 19.2 Å². The van der Waals surface area contributed by atoms with E-state index in [1.807, 2.05) is 6.92 Å². The molecule has 0 bridgehead atoms. The summed E-state index contributed by atoms with van der Waals surface area (Å²) in [5.41, 5.74) is 4.06. The molecule has 0 spiro atoms.